The molecule has 0 bridgehead atoms. The van der Waals surface area contributed by atoms with Crippen LogP contribution in [0.2, 0.25) is 0 Å². The van der Waals surface area contributed by atoms with Crippen molar-refractivity contribution >= 4 is 28.1 Å². The van der Waals surface area contributed by atoms with Crippen molar-refractivity contribution in [1.82, 2.24) is 10.4 Å². The van der Waals surface area contributed by atoms with Crippen LogP contribution < -0.4 is 19.6 Å². The fourth-order valence-electron chi connectivity index (χ4n) is 3.23. The van der Waals surface area contributed by atoms with Gasteiger partial charge < -0.3 is 18.9 Å². The number of pyridine rings is 1. The molecule has 0 fully saturated rings. The average Bonchev–Trinajstić information content (AvgIpc) is 2.87. The van der Waals surface area contributed by atoms with E-state index in [2.05, 4.69) is 31.4 Å². The third-order valence-electron chi connectivity index (χ3n) is 4.83. The number of amides is 1. The molecule has 3 aromatic rings. The van der Waals surface area contributed by atoms with E-state index in [0.717, 1.165) is 5.56 Å². The molecule has 0 atom stereocenters. The van der Waals surface area contributed by atoms with Crippen LogP contribution in [-0.4, -0.2) is 37.9 Å². The van der Waals surface area contributed by atoms with Crippen molar-refractivity contribution in [2.45, 2.75) is 20.1 Å². The van der Waals surface area contributed by atoms with E-state index in [4.69, 9.17) is 18.9 Å². The summed E-state index contributed by atoms with van der Waals surface area (Å²) in [6.45, 7) is 2.01. The van der Waals surface area contributed by atoms with Crippen LogP contribution in [0.3, 0.4) is 0 Å². The number of aromatic nitrogens is 1. The van der Waals surface area contributed by atoms with Crippen molar-refractivity contribution in [1.29, 1.82) is 5.26 Å². The van der Waals surface area contributed by atoms with E-state index in [1.165, 1.54) is 13.3 Å². The van der Waals surface area contributed by atoms with E-state index >= 15 is 0 Å². The summed E-state index contributed by atoms with van der Waals surface area (Å²) in [5.41, 5.74) is 5.60. The first-order valence-corrected chi connectivity index (χ1v) is 11.6. The number of carbonyl (C=O) groups excluding carboxylic acids is 1. The molecule has 9 nitrogen and oxygen atoms in total. The molecule has 0 saturated carbocycles. The number of aryl methyl sites for hydroxylation is 1. The SMILES string of the molecule is COCc1cc(C)nc(OCC(=O)N/N=C\c2cc(Br)c(OCc3ccccc3)c(OC)c2)c1C#N. The molecule has 1 amide bonds. The largest absolute Gasteiger partial charge is 0.493 e. The highest BCUT2D eigenvalue weighted by molar-refractivity contribution is 9.10. The Balaban J connectivity index is 1.61. The van der Waals surface area contributed by atoms with Gasteiger partial charge in [-0.1, -0.05) is 30.3 Å². The van der Waals surface area contributed by atoms with Crippen LogP contribution in [0.4, 0.5) is 0 Å². The van der Waals surface area contributed by atoms with Gasteiger partial charge in [0.05, 0.1) is 24.4 Å². The number of nitriles is 1. The van der Waals surface area contributed by atoms with Crippen molar-refractivity contribution in [3.05, 3.63) is 81.0 Å². The Morgan fingerprint density at radius 1 is 1.17 bits per heavy atom. The maximum atomic E-state index is 12.2. The highest BCUT2D eigenvalue weighted by atomic mass is 79.9. The van der Waals surface area contributed by atoms with Gasteiger partial charge in [-0.25, -0.2) is 10.4 Å². The Bertz CT molecular complexity index is 1280. The molecular formula is C26H25BrN4O5. The summed E-state index contributed by atoms with van der Waals surface area (Å²) in [6, 6.07) is 17.1. The van der Waals surface area contributed by atoms with Crippen LogP contribution in [-0.2, 0) is 22.7 Å². The number of methoxy groups -OCH3 is 2. The molecule has 0 aliphatic heterocycles. The van der Waals surface area contributed by atoms with Crippen LogP contribution in [0.15, 0.2) is 58.1 Å². The summed E-state index contributed by atoms with van der Waals surface area (Å²) in [6.07, 6.45) is 1.47. The van der Waals surface area contributed by atoms with Gasteiger partial charge in [-0.2, -0.15) is 10.4 Å². The number of rotatable bonds is 11. The van der Waals surface area contributed by atoms with Gasteiger partial charge in [0.25, 0.3) is 5.91 Å². The average molecular weight is 553 g/mol. The lowest BCUT2D eigenvalue weighted by Gasteiger charge is -2.13. The van der Waals surface area contributed by atoms with Crippen LogP contribution in [0.1, 0.15) is 27.9 Å². The zero-order chi connectivity index (χ0) is 25.9. The quantitative estimate of drug-likeness (QED) is 0.278. The highest BCUT2D eigenvalue weighted by Crippen LogP contribution is 2.36. The van der Waals surface area contributed by atoms with E-state index in [1.807, 2.05) is 36.4 Å². The molecule has 1 heterocycles. The minimum atomic E-state index is -0.513. The molecular weight excluding hydrogens is 528 g/mol. The van der Waals surface area contributed by atoms with E-state index in [0.29, 0.717) is 39.4 Å². The minimum absolute atomic E-state index is 0.0726. The Hall–Kier alpha value is -3.94. The Labute approximate surface area is 217 Å². The third kappa shape index (κ3) is 7.28. The predicted molar refractivity (Wildman–Crippen MR) is 137 cm³/mol. The van der Waals surface area contributed by atoms with Gasteiger partial charge in [0, 0.05) is 18.4 Å². The van der Waals surface area contributed by atoms with E-state index in [9.17, 15) is 10.1 Å². The van der Waals surface area contributed by atoms with Gasteiger partial charge in [-0.3, -0.25) is 4.79 Å². The lowest BCUT2D eigenvalue weighted by atomic mass is 10.1. The number of ether oxygens (including phenoxy) is 4. The molecule has 0 spiro atoms. The maximum Gasteiger partial charge on any atom is 0.278 e. The van der Waals surface area contributed by atoms with Crippen molar-refractivity contribution in [2.75, 3.05) is 20.8 Å². The first-order chi connectivity index (χ1) is 17.4. The van der Waals surface area contributed by atoms with Crippen molar-refractivity contribution < 1.29 is 23.7 Å². The second kappa shape index (κ2) is 13.2. The predicted octanol–water partition coefficient (Wildman–Crippen LogP) is 4.29. The summed E-state index contributed by atoms with van der Waals surface area (Å²) in [7, 11) is 3.08. The monoisotopic (exact) mass is 552 g/mol. The van der Waals surface area contributed by atoms with E-state index < -0.39 is 5.91 Å². The number of halogens is 1. The molecule has 36 heavy (non-hydrogen) atoms. The lowest BCUT2D eigenvalue weighted by molar-refractivity contribution is -0.123. The standard InChI is InChI=1S/C26H25BrN4O5/c1-17-9-20(15-33-2)21(12-28)26(30-17)36-16-24(32)31-29-13-19-10-22(27)25(23(11-19)34-3)35-14-18-7-5-4-6-8-18/h4-11,13H,14-16H2,1-3H3,(H,31,32)/b29-13-. The first-order valence-electron chi connectivity index (χ1n) is 10.8. The van der Waals surface area contributed by atoms with Gasteiger partial charge in [0.2, 0.25) is 5.88 Å². The molecule has 0 unspecified atom stereocenters. The van der Waals surface area contributed by atoms with Gasteiger partial charge in [0.15, 0.2) is 18.1 Å². The van der Waals surface area contributed by atoms with Gasteiger partial charge in [0.1, 0.15) is 18.2 Å². The van der Waals surface area contributed by atoms with E-state index in [-0.39, 0.29) is 24.7 Å². The maximum absolute atomic E-state index is 12.2. The Morgan fingerprint density at radius 3 is 2.64 bits per heavy atom. The topological polar surface area (TPSA) is 115 Å². The zero-order valence-corrected chi connectivity index (χ0v) is 21.7. The molecule has 0 radical (unpaired) electrons. The Morgan fingerprint density at radius 2 is 1.94 bits per heavy atom. The lowest BCUT2D eigenvalue weighted by Crippen LogP contribution is -2.25. The van der Waals surface area contributed by atoms with E-state index in [1.54, 1.807) is 32.2 Å². The van der Waals surface area contributed by atoms with Gasteiger partial charge in [-0.05, 0) is 52.2 Å². The molecule has 1 N–H and O–H groups in total. The zero-order valence-electron chi connectivity index (χ0n) is 20.1. The number of nitrogens with one attached hydrogen (secondary N) is 1. The van der Waals surface area contributed by atoms with Crippen LogP contribution >= 0.6 is 15.9 Å². The van der Waals surface area contributed by atoms with Gasteiger partial charge in [-0.15, -0.1) is 0 Å². The number of hydrogen-bond donors (Lipinski definition) is 1. The smallest absolute Gasteiger partial charge is 0.278 e. The minimum Gasteiger partial charge on any atom is -0.493 e. The summed E-state index contributed by atoms with van der Waals surface area (Å²) in [5.74, 6) is 0.629. The molecule has 2 aromatic carbocycles. The first kappa shape index (κ1) is 26.7. The number of nitrogens with zero attached hydrogens (tertiary/aromatic N) is 3. The summed E-state index contributed by atoms with van der Waals surface area (Å²) >= 11 is 3.50. The fourth-order valence-corrected chi connectivity index (χ4v) is 3.81. The van der Waals surface area contributed by atoms with Crippen molar-refractivity contribution in [3.8, 4) is 23.4 Å². The summed E-state index contributed by atoms with van der Waals surface area (Å²) in [5, 5.41) is 13.4. The summed E-state index contributed by atoms with van der Waals surface area (Å²) < 4.78 is 22.7. The molecule has 0 saturated heterocycles. The van der Waals surface area contributed by atoms with Crippen molar-refractivity contribution in [2.24, 2.45) is 5.10 Å². The van der Waals surface area contributed by atoms with Crippen LogP contribution in [0.5, 0.6) is 17.4 Å². The van der Waals surface area contributed by atoms with Gasteiger partial charge >= 0.3 is 0 Å². The van der Waals surface area contributed by atoms with Crippen molar-refractivity contribution in [3.63, 3.8) is 0 Å². The second-order valence-electron chi connectivity index (χ2n) is 7.54. The third-order valence-corrected chi connectivity index (χ3v) is 5.42. The normalized spacial score (nSPS) is 10.6. The van der Waals surface area contributed by atoms with Crippen LogP contribution in [0, 0.1) is 18.3 Å². The second-order valence-corrected chi connectivity index (χ2v) is 8.39. The number of hydrazone groups is 1. The number of carbonyl (C=O) groups is 1. The molecule has 1 aromatic heterocycles. The van der Waals surface area contributed by atoms with Crippen LogP contribution in [0.25, 0.3) is 0 Å². The molecule has 3 rings (SSSR count). The molecule has 0 aliphatic rings. The number of hydrogen-bond acceptors (Lipinski definition) is 8. The molecule has 10 heteroatoms. The summed E-state index contributed by atoms with van der Waals surface area (Å²) in [4.78, 5) is 16.4. The number of benzene rings is 2. The highest BCUT2D eigenvalue weighted by Gasteiger charge is 2.15. The Kier molecular flexibility index (Phi) is 9.80. The molecule has 186 valence electrons. The molecule has 0 aliphatic carbocycles. The fraction of sp³-hybridized carbons (Fsp3) is 0.231.